The molecule has 3 rings (SSSR count). The summed E-state index contributed by atoms with van der Waals surface area (Å²) in [7, 11) is 0. The minimum atomic E-state index is -0.0235. The lowest BCUT2D eigenvalue weighted by Crippen LogP contribution is -2.25. The first-order chi connectivity index (χ1) is 12.0. The van der Waals surface area contributed by atoms with Crippen LogP contribution in [0.1, 0.15) is 32.1 Å². The Morgan fingerprint density at radius 3 is 2.52 bits per heavy atom. The summed E-state index contributed by atoms with van der Waals surface area (Å²) in [6.45, 7) is 6.72. The van der Waals surface area contributed by atoms with Crippen molar-refractivity contribution >= 4 is 17.2 Å². The molecule has 0 aliphatic heterocycles. The summed E-state index contributed by atoms with van der Waals surface area (Å²) in [6.07, 6.45) is 0.799. The van der Waals surface area contributed by atoms with Gasteiger partial charge in [-0.3, -0.25) is 4.79 Å². The van der Waals surface area contributed by atoms with Gasteiger partial charge in [-0.15, -0.1) is 11.3 Å². The maximum Gasteiger partial charge on any atom is 0.251 e. The van der Waals surface area contributed by atoms with E-state index in [9.17, 15) is 4.79 Å². The summed E-state index contributed by atoms with van der Waals surface area (Å²) >= 11 is 1.71. The molecule has 0 saturated heterocycles. The zero-order valence-electron chi connectivity index (χ0n) is 14.8. The maximum absolute atomic E-state index is 12.2. The number of nitrogens with zero attached hydrogens (tertiary/aromatic N) is 1. The average Bonchev–Trinajstić information content (AvgIpc) is 2.96. The number of nitrogens with one attached hydrogen (secondary N) is 1. The van der Waals surface area contributed by atoms with E-state index in [2.05, 4.69) is 41.5 Å². The van der Waals surface area contributed by atoms with Gasteiger partial charge in [0.2, 0.25) is 0 Å². The van der Waals surface area contributed by atoms with Gasteiger partial charge in [0, 0.05) is 29.0 Å². The van der Waals surface area contributed by atoms with E-state index in [1.165, 1.54) is 10.4 Å². The van der Waals surface area contributed by atoms with E-state index in [1.807, 2.05) is 38.1 Å². The lowest BCUT2D eigenvalue weighted by Gasteiger charge is -2.05. The van der Waals surface area contributed by atoms with Crippen LogP contribution in [0.15, 0.2) is 48.5 Å². The third kappa shape index (κ3) is 4.34. The summed E-state index contributed by atoms with van der Waals surface area (Å²) in [6, 6.07) is 16.1. The number of aryl methyl sites for hydroxylation is 3. The van der Waals surface area contributed by atoms with Crippen LogP contribution < -0.4 is 5.32 Å². The molecular formula is C21H22N2OS. The summed E-state index contributed by atoms with van der Waals surface area (Å²) in [4.78, 5) is 18.1. The molecule has 1 amide bonds. The molecule has 4 heteroatoms. The van der Waals surface area contributed by atoms with Gasteiger partial charge >= 0.3 is 0 Å². The Balaban J connectivity index is 1.62. The van der Waals surface area contributed by atoms with Gasteiger partial charge in [-0.25, -0.2) is 4.98 Å². The molecule has 0 fully saturated rings. The van der Waals surface area contributed by atoms with Crippen LogP contribution in [0, 0.1) is 20.8 Å². The summed E-state index contributed by atoms with van der Waals surface area (Å²) in [5.74, 6) is -0.0235. The Kier molecular flexibility index (Phi) is 5.29. The lowest BCUT2D eigenvalue weighted by atomic mass is 10.1. The molecule has 0 saturated carbocycles. The van der Waals surface area contributed by atoms with Crippen molar-refractivity contribution in [3.05, 3.63) is 75.8 Å². The normalized spacial score (nSPS) is 10.7. The minimum absolute atomic E-state index is 0.0235. The number of amides is 1. The van der Waals surface area contributed by atoms with Crippen molar-refractivity contribution in [1.82, 2.24) is 10.3 Å². The highest BCUT2D eigenvalue weighted by Crippen LogP contribution is 2.28. The molecule has 1 N–H and O–H groups in total. The monoisotopic (exact) mass is 350 g/mol. The van der Waals surface area contributed by atoms with Gasteiger partial charge in [-0.2, -0.15) is 0 Å². The molecule has 0 aliphatic rings. The largest absolute Gasteiger partial charge is 0.352 e. The fourth-order valence-corrected chi connectivity index (χ4v) is 3.72. The number of thiazole rings is 1. The van der Waals surface area contributed by atoms with Crippen LogP contribution in [0.4, 0.5) is 0 Å². The second kappa shape index (κ2) is 7.62. The Labute approximate surface area is 152 Å². The van der Waals surface area contributed by atoms with Crippen molar-refractivity contribution in [1.29, 1.82) is 0 Å². The molecule has 1 aromatic heterocycles. The van der Waals surface area contributed by atoms with Gasteiger partial charge in [0.05, 0.1) is 5.69 Å². The number of aromatic nitrogens is 1. The van der Waals surface area contributed by atoms with E-state index in [4.69, 9.17) is 0 Å². The Bertz CT molecular complexity index is 881. The molecule has 0 spiro atoms. The molecule has 3 nitrogen and oxygen atoms in total. The Morgan fingerprint density at radius 1 is 1.04 bits per heavy atom. The topological polar surface area (TPSA) is 42.0 Å². The van der Waals surface area contributed by atoms with E-state index < -0.39 is 0 Å². The van der Waals surface area contributed by atoms with Crippen molar-refractivity contribution in [2.45, 2.75) is 27.2 Å². The Hall–Kier alpha value is -2.46. The quantitative estimate of drug-likeness (QED) is 0.724. The number of hydrogen-bond donors (Lipinski definition) is 1. The van der Waals surface area contributed by atoms with E-state index in [1.54, 1.807) is 11.3 Å². The molecule has 1 heterocycles. The van der Waals surface area contributed by atoms with Crippen LogP contribution >= 0.6 is 11.3 Å². The van der Waals surface area contributed by atoms with Crippen molar-refractivity contribution in [2.24, 2.45) is 0 Å². The number of hydrogen-bond acceptors (Lipinski definition) is 3. The van der Waals surface area contributed by atoms with Crippen molar-refractivity contribution in [3.63, 3.8) is 0 Å². The Morgan fingerprint density at radius 2 is 1.80 bits per heavy atom. The van der Waals surface area contributed by atoms with Gasteiger partial charge in [0.15, 0.2) is 0 Å². The van der Waals surface area contributed by atoms with Gasteiger partial charge in [-0.1, -0.05) is 47.5 Å². The summed E-state index contributed by atoms with van der Waals surface area (Å²) in [5.41, 5.74) is 5.24. The highest BCUT2D eigenvalue weighted by atomic mass is 32.1. The molecule has 3 aromatic rings. The summed E-state index contributed by atoms with van der Waals surface area (Å²) < 4.78 is 0. The van der Waals surface area contributed by atoms with Crippen LogP contribution in [-0.2, 0) is 6.42 Å². The molecule has 128 valence electrons. The predicted octanol–water partition coefficient (Wildman–Crippen LogP) is 4.71. The molecule has 25 heavy (non-hydrogen) atoms. The highest BCUT2D eigenvalue weighted by molar-refractivity contribution is 7.15. The fourth-order valence-electron chi connectivity index (χ4n) is 2.66. The van der Waals surface area contributed by atoms with Crippen LogP contribution in [0.25, 0.3) is 10.6 Å². The van der Waals surface area contributed by atoms with Gasteiger partial charge in [0.25, 0.3) is 5.91 Å². The van der Waals surface area contributed by atoms with Crippen molar-refractivity contribution < 1.29 is 4.79 Å². The molecule has 0 aliphatic carbocycles. The van der Waals surface area contributed by atoms with Gasteiger partial charge < -0.3 is 5.32 Å². The number of carbonyl (C=O) groups is 1. The number of rotatable bonds is 5. The highest BCUT2D eigenvalue weighted by Gasteiger charge is 2.10. The fraction of sp³-hybridized carbons (Fsp3) is 0.238. The third-order valence-corrected chi connectivity index (χ3v) is 5.38. The van der Waals surface area contributed by atoms with Gasteiger partial charge in [0.1, 0.15) is 5.01 Å². The smallest absolute Gasteiger partial charge is 0.251 e. The molecule has 0 bridgehead atoms. The van der Waals surface area contributed by atoms with E-state index in [-0.39, 0.29) is 5.91 Å². The van der Waals surface area contributed by atoms with Crippen molar-refractivity contribution in [3.8, 4) is 10.6 Å². The standard InChI is InChI=1S/C21H22N2OS/c1-14-7-9-17(10-8-14)21-23-16(3)19(25-21)11-12-22-20(24)18-6-4-5-15(2)13-18/h4-10,13H,11-12H2,1-3H3,(H,22,24). The van der Waals surface area contributed by atoms with Crippen LogP contribution in [0.5, 0.6) is 0 Å². The maximum atomic E-state index is 12.2. The molecule has 0 unspecified atom stereocenters. The van der Waals surface area contributed by atoms with Crippen molar-refractivity contribution in [2.75, 3.05) is 6.54 Å². The molecule has 0 radical (unpaired) electrons. The second-order valence-electron chi connectivity index (χ2n) is 6.27. The SMILES string of the molecule is Cc1ccc(-c2nc(C)c(CCNC(=O)c3cccc(C)c3)s2)cc1. The predicted molar refractivity (Wildman–Crippen MR) is 104 cm³/mol. The number of carbonyl (C=O) groups excluding carboxylic acids is 1. The molecular weight excluding hydrogens is 328 g/mol. The first-order valence-electron chi connectivity index (χ1n) is 8.41. The van der Waals surface area contributed by atoms with E-state index in [0.29, 0.717) is 12.1 Å². The number of benzene rings is 2. The third-order valence-electron chi connectivity index (χ3n) is 4.11. The van der Waals surface area contributed by atoms with Crippen LogP contribution in [0.2, 0.25) is 0 Å². The molecule has 0 atom stereocenters. The zero-order valence-corrected chi connectivity index (χ0v) is 15.6. The first-order valence-corrected chi connectivity index (χ1v) is 9.23. The minimum Gasteiger partial charge on any atom is -0.352 e. The zero-order chi connectivity index (χ0) is 17.8. The van der Waals surface area contributed by atoms with Crippen LogP contribution in [0.3, 0.4) is 0 Å². The average molecular weight is 350 g/mol. The molecule has 2 aromatic carbocycles. The van der Waals surface area contributed by atoms with E-state index >= 15 is 0 Å². The second-order valence-corrected chi connectivity index (χ2v) is 7.35. The van der Waals surface area contributed by atoms with Gasteiger partial charge in [-0.05, 0) is 32.9 Å². The summed E-state index contributed by atoms with van der Waals surface area (Å²) in [5, 5.41) is 4.04. The van der Waals surface area contributed by atoms with Crippen LogP contribution in [-0.4, -0.2) is 17.4 Å². The first kappa shape index (κ1) is 17.4. The lowest BCUT2D eigenvalue weighted by molar-refractivity contribution is 0.0954. The van der Waals surface area contributed by atoms with E-state index in [0.717, 1.165) is 28.2 Å².